The topological polar surface area (TPSA) is 84.9 Å². The molecule has 2 rings (SSSR count). The van der Waals surface area contributed by atoms with Crippen LogP contribution in [0.3, 0.4) is 0 Å². The number of likely N-dealkylation sites (N-methyl/N-ethyl adjacent to an activating group) is 2. The zero-order chi connectivity index (χ0) is 19.1. The van der Waals surface area contributed by atoms with Gasteiger partial charge in [0.15, 0.2) is 0 Å². The molecule has 1 unspecified atom stereocenters. The smallest absolute Gasteiger partial charge is 0.317 e. The Morgan fingerprint density at radius 3 is 2.35 bits per heavy atom. The highest BCUT2D eigenvalue weighted by Crippen LogP contribution is 2.28. The van der Waals surface area contributed by atoms with E-state index in [1.54, 1.807) is 0 Å². The third kappa shape index (κ3) is 6.13. The molecule has 26 heavy (non-hydrogen) atoms. The maximum atomic E-state index is 12.2. The summed E-state index contributed by atoms with van der Waals surface area (Å²) in [7, 11) is 4.19. The van der Waals surface area contributed by atoms with Crippen molar-refractivity contribution in [1.29, 1.82) is 0 Å². The van der Waals surface area contributed by atoms with Gasteiger partial charge in [0.25, 0.3) is 0 Å². The monoisotopic (exact) mass is 368 g/mol. The number of carboxylic acids is 1. The number of amides is 2. The first kappa shape index (κ1) is 21.0. The lowest BCUT2D eigenvalue weighted by Gasteiger charge is -2.42. The van der Waals surface area contributed by atoms with E-state index in [1.807, 2.05) is 11.8 Å². The van der Waals surface area contributed by atoms with Crippen LogP contribution >= 0.6 is 0 Å². The highest BCUT2D eigenvalue weighted by Gasteiger charge is 2.35. The summed E-state index contributed by atoms with van der Waals surface area (Å²) in [5.74, 6) is -0.125. The van der Waals surface area contributed by atoms with Crippen molar-refractivity contribution < 1.29 is 14.7 Å². The first-order valence-electron chi connectivity index (χ1n) is 10.1. The average molecular weight is 369 g/mol. The van der Waals surface area contributed by atoms with Crippen LogP contribution in [-0.2, 0) is 4.79 Å². The molecule has 3 N–H and O–H groups in total. The summed E-state index contributed by atoms with van der Waals surface area (Å²) in [6.45, 7) is 3.45. The largest absolute Gasteiger partial charge is 0.480 e. The van der Waals surface area contributed by atoms with Gasteiger partial charge in [-0.3, -0.25) is 9.69 Å². The lowest BCUT2D eigenvalue weighted by atomic mass is 9.83. The van der Waals surface area contributed by atoms with Crippen molar-refractivity contribution in [3.05, 3.63) is 0 Å². The summed E-state index contributed by atoms with van der Waals surface area (Å²) in [6, 6.07) is 0.701. The van der Waals surface area contributed by atoms with Crippen LogP contribution in [0.4, 0.5) is 4.79 Å². The number of carbonyl (C=O) groups is 2. The van der Waals surface area contributed by atoms with Crippen molar-refractivity contribution in [2.45, 2.75) is 70.0 Å². The molecule has 0 aromatic carbocycles. The molecular formula is C19H36N4O3. The normalized spacial score (nSPS) is 25.0. The lowest BCUT2D eigenvalue weighted by molar-refractivity contribution is -0.139. The zero-order valence-corrected chi connectivity index (χ0v) is 16.5. The quantitative estimate of drug-likeness (QED) is 0.577. The molecule has 0 spiro atoms. The van der Waals surface area contributed by atoms with Crippen LogP contribution in [0.25, 0.3) is 0 Å². The van der Waals surface area contributed by atoms with Crippen LogP contribution in [0.5, 0.6) is 0 Å². The fraction of sp³-hybridized carbons (Fsp3) is 0.895. The summed E-state index contributed by atoms with van der Waals surface area (Å²) in [4.78, 5) is 27.3. The molecule has 2 saturated carbocycles. The minimum atomic E-state index is -0.793. The average Bonchev–Trinajstić information content (AvgIpc) is 2.56. The molecule has 0 bridgehead atoms. The number of rotatable bonds is 9. The van der Waals surface area contributed by atoms with Crippen molar-refractivity contribution >= 4 is 12.0 Å². The number of nitrogens with one attached hydrogen (secondary N) is 2. The second-order valence-corrected chi connectivity index (χ2v) is 8.06. The standard InChI is InChI=1S/C19H36N4O3/c1-4-23(13-18(24)25)16-10-15(11-16)21-19(26)20-12-17(22(2)3)14-8-6-5-7-9-14/h14-17H,4-13H2,1-3H3,(H,24,25)(H2,20,21,26). The van der Waals surface area contributed by atoms with E-state index >= 15 is 0 Å². The van der Waals surface area contributed by atoms with Gasteiger partial charge in [-0.1, -0.05) is 26.2 Å². The number of carbonyl (C=O) groups excluding carboxylic acids is 1. The Hall–Kier alpha value is -1.34. The Kier molecular flexibility index (Phi) is 8.15. The highest BCUT2D eigenvalue weighted by atomic mass is 16.4. The Bertz CT molecular complexity index is 460. The molecule has 7 nitrogen and oxygen atoms in total. The maximum absolute atomic E-state index is 12.2. The van der Waals surface area contributed by atoms with E-state index in [4.69, 9.17) is 5.11 Å². The number of urea groups is 1. The van der Waals surface area contributed by atoms with Crippen molar-refractivity contribution in [1.82, 2.24) is 20.4 Å². The van der Waals surface area contributed by atoms with Gasteiger partial charge in [0.1, 0.15) is 0 Å². The highest BCUT2D eigenvalue weighted by molar-refractivity contribution is 5.74. The van der Waals surface area contributed by atoms with Crippen LogP contribution in [0, 0.1) is 5.92 Å². The van der Waals surface area contributed by atoms with Crippen LogP contribution < -0.4 is 10.6 Å². The van der Waals surface area contributed by atoms with Gasteiger partial charge in [-0.15, -0.1) is 0 Å². The predicted octanol–water partition coefficient (Wildman–Crippen LogP) is 1.73. The van der Waals surface area contributed by atoms with Crippen LogP contribution in [0.15, 0.2) is 0 Å². The fourth-order valence-electron chi connectivity index (χ4n) is 4.40. The van der Waals surface area contributed by atoms with Gasteiger partial charge in [-0.25, -0.2) is 4.79 Å². The molecule has 0 aromatic rings. The van der Waals surface area contributed by atoms with Gasteiger partial charge in [0.2, 0.25) is 0 Å². The van der Waals surface area contributed by atoms with Crippen molar-refractivity contribution in [2.24, 2.45) is 5.92 Å². The zero-order valence-electron chi connectivity index (χ0n) is 16.5. The fourth-order valence-corrected chi connectivity index (χ4v) is 4.40. The summed E-state index contributed by atoms with van der Waals surface area (Å²) in [5.41, 5.74) is 0. The summed E-state index contributed by atoms with van der Waals surface area (Å²) >= 11 is 0. The number of nitrogens with zero attached hydrogens (tertiary/aromatic N) is 2. The number of aliphatic carboxylic acids is 1. The van der Waals surface area contributed by atoms with E-state index in [2.05, 4.69) is 29.6 Å². The van der Waals surface area contributed by atoms with E-state index in [9.17, 15) is 9.59 Å². The van der Waals surface area contributed by atoms with Gasteiger partial charge < -0.3 is 20.6 Å². The minimum Gasteiger partial charge on any atom is -0.480 e. The summed E-state index contributed by atoms with van der Waals surface area (Å²) in [6.07, 6.45) is 8.11. The van der Waals surface area contributed by atoms with Crippen LogP contribution in [0.2, 0.25) is 0 Å². The van der Waals surface area contributed by atoms with Gasteiger partial charge in [-0.2, -0.15) is 0 Å². The molecule has 0 aliphatic heterocycles. The molecule has 2 aliphatic carbocycles. The Morgan fingerprint density at radius 1 is 1.15 bits per heavy atom. The van der Waals surface area contributed by atoms with Crippen molar-refractivity contribution in [3.63, 3.8) is 0 Å². The van der Waals surface area contributed by atoms with E-state index in [-0.39, 0.29) is 24.7 Å². The van der Waals surface area contributed by atoms with Crippen molar-refractivity contribution in [2.75, 3.05) is 33.7 Å². The van der Waals surface area contributed by atoms with E-state index in [0.29, 0.717) is 18.5 Å². The SMILES string of the molecule is CCN(CC(=O)O)C1CC(NC(=O)NCC(C2CCCCC2)N(C)C)C1. The molecule has 2 fully saturated rings. The number of hydrogen-bond donors (Lipinski definition) is 3. The molecule has 0 saturated heterocycles. The number of carboxylic acid groups (broad SMARTS) is 1. The Labute approximate surface area is 157 Å². The van der Waals surface area contributed by atoms with E-state index in [1.165, 1.54) is 32.1 Å². The van der Waals surface area contributed by atoms with E-state index in [0.717, 1.165) is 19.4 Å². The molecule has 0 heterocycles. The van der Waals surface area contributed by atoms with Crippen LogP contribution in [-0.4, -0.2) is 78.8 Å². The predicted molar refractivity (Wildman–Crippen MR) is 102 cm³/mol. The third-order valence-corrected chi connectivity index (χ3v) is 6.04. The molecule has 2 amide bonds. The maximum Gasteiger partial charge on any atom is 0.317 e. The third-order valence-electron chi connectivity index (χ3n) is 6.04. The molecule has 0 radical (unpaired) electrons. The first-order valence-corrected chi connectivity index (χ1v) is 10.1. The molecule has 0 aromatic heterocycles. The molecule has 2 aliphatic rings. The molecule has 150 valence electrons. The van der Waals surface area contributed by atoms with Crippen molar-refractivity contribution in [3.8, 4) is 0 Å². The van der Waals surface area contributed by atoms with Crippen LogP contribution in [0.1, 0.15) is 51.9 Å². The van der Waals surface area contributed by atoms with E-state index < -0.39 is 5.97 Å². The molecule has 1 atom stereocenters. The first-order chi connectivity index (χ1) is 12.4. The number of hydrogen-bond acceptors (Lipinski definition) is 4. The van der Waals surface area contributed by atoms with Gasteiger partial charge in [0, 0.05) is 24.7 Å². The second-order valence-electron chi connectivity index (χ2n) is 8.06. The summed E-state index contributed by atoms with van der Waals surface area (Å²) < 4.78 is 0. The Balaban J connectivity index is 1.69. The lowest BCUT2D eigenvalue weighted by Crippen LogP contribution is -2.57. The van der Waals surface area contributed by atoms with Gasteiger partial charge in [0.05, 0.1) is 6.54 Å². The second kappa shape index (κ2) is 10.1. The minimum absolute atomic E-state index is 0.0754. The van der Waals surface area contributed by atoms with Gasteiger partial charge >= 0.3 is 12.0 Å². The van der Waals surface area contributed by atoms with Gasteiger partial charge in [-0.05, 0) is 52.2 Å². The Morgan fingerprint density at radius 2 is 1.81 bits per heavy atom. The summed E-state index contributed by atoms with van der Waals surface area (Å²) in [5, 5.41) is 15.0. The molecule has 7 heteroatoms. The molecular weight excluding hydrogens is 332 g/mol.